The van der Waals surface area contributed by atoms with Crippen LogP contribution in [0.5, 0.6) is 0 Å². The normalized spacial score (nSPS) is 19.0. The molecule has 0 radical (unpaired) electrons. The smallest absolute Gasteiger partial charge is 0.0979 e. The fraction of sp³-hybridized carbons (Fsp3) is 0.600. The molecule has 1 unspecified atom stereocenters. The van der Waals surface area contributed by atoms with E-state index in [0.29, 0.717) is 0 Å². The van der Waals surface area contributed by atoms with Crippen LogP contribution in [-0.4, -0.2) is 48.2 Å². The number of nitrogens with zero attached hydrogens (tertiary/aromatic N) is 1. The van der Waals surface area contributed by atoms with Gasteiger partial charge in [0.1, 0.15) is 0 Å². The summed E-state index contributed by atoms with van der Waals surface area (Å²) in [5.74, 6) is 0. The molecular formula is C15H24N2O2S. The molecule has 1 aromatic carbocycles. The molecule has 2 rings (SSSR count). The Bertz CT molecular complexity index is 416. The van der Waals surface area contributed by atoms with Crippen LogP contribution < -0.4 is 5.43 Å². The summed E-state index contributed by atoms with van der Waals surface area (Å²) >= 11 is 1.71. The third-order valence-corrected chi connectivity index (χ3v) is 4.32. The lowest BCUT2D eigenvalue weighted by molar-refractivity contribution is -0.0368. The van der Waals surface area contributed by atoms with Crippen molar-refractivity contribution in [2.45, 2.75) is 30.4 Å². The molecule has 1 aliphatic heterocycles. The Morgan fingerprint density at radius 1 is 1.25 bits per heavy atom. The van der Waals surface area contributed by atoms with Crippen LogP contribution in [0.25, 0.3) is 0 Å². The standard InChI is InChI=1S/C15H24N2O2S/c1-15(2,16-17-8-10-19-11-9-17)14(18)12-4-6-13(20-3)7-5-12/h4-7,14,16,18H,8-11H2,1-3H3. The summed E-state index contributed by atoms with van der Waals surface area (Å²) in [4.78, 5) is 1.21. The van der Waals surface area contributed by atoms with E-state index >= 15 is 0 Å². The van der Waals surface area contributed by atoms with Crippen LogP contribution in [0.4, 0.5) is 0 Å². The summed E-state index contributed by atoms with van der Waals surface area (Å²) in [6.07, 6.45) is 1.50. The van der Waals surface area contributed by atoms with Gasteiger partial charge < -0.3 is 9.84 Å². The highest BCUT2D eigenvalue weighted by Crippen LogP contribution is 2.27. The van der Waals surface area contributed by atoms with Gasteiger partial charge in [-0.25, -0.2) is 10.4 Å². The van der Waals surface area contributed by atoms with Crippen molar-refractivity contribution in [3.05, 3.63) is 29.8 Å². The first-order chi connectivity index (χ1) is 9.53. The van der Waals surface area contributed by atoms with Gasteiger partial charge >= 0.3 is 0 Å². The number of hydrogen-bond acceptors (Lipinski definition) is 5. The fourth-order valence-electron chi connectivity index (χ4n) is 2.35. The van der Waals surface area contributed by atoms with Gasteiger partial charge in [-0.05, 0) is 37.8 Å². The van der Waals surface area contributed by atoms with Crippen molar-refractivity contribution < 1.29 is 9.84 Å². The van der Waals surface area contributed by atoms with E-state index in [9.17, 15) is 5.11 Å². The molecule has 0 aromatic heterocycles. The van der Waals surface area contributed by atoms with Crippen LogP contribution in [0, 0.1) is 0 Å². The second-order valence-electron chi connectivity index (χ2n) is 5.61. The predicted molar refractivity (Wildman–Crippen MR) is 82.8 cm³/mol. The van der Waals surface area contributed by atoms with Gasteiger partial charge in [-0.1, -0.05) is 12.1 Å². The number of hydrazine groups is 1. The summed E-state index contributed by atoms with van der Waals surface area (Å²) in [6, 6.07) is 8.10. The molecule has 1 fully saturated rings. The highest BCUT2D eigenvalue weighted by atomic mass is 32.2. The molecule has 112 valence electrons. The topological polar surface area (TPSA) is 44.7 Å². The summed E-state index contributed by atoms with van der Waals surface area (Å²) < 4.78 is 5.34. The van der Waals surface area contributed by atoms with Crippen LogP contribution in [-0.2, 0) is 4.74 Å². The summed E-state index contributed by atoms with van der Waals surface area (Å²) in [6.45, 7) is 7.22. The van der Waals surface area contributed by atoms with Crippen LogP contribution in [0.1, 0.15) is 25.5 Å². The summed E-state index contributed by atoms with van der Waals surface area (Å²) in [7, 11) is 0. The zero-order valence-electron chi connectivity index (χ0n) is 12.4. The van der Waals surface area contributed by atoms with Crippen molar-refractivity contribution in [1.82, 2.24) is 10.4 Å². The minimum atomic E-state index is -0.554. The summed E-state index contributed by atoms with van der Waals surface area (Å²) in [5.41, 5.74) is 3.94. The molecule has 4 nitrogen and oxygen atoms in total. The van der Waals surface area contributed by atoms with Gasteiger partial charge in [0.25, 0.3) is 0 Å². The lowest BCUT2D eigenvalue weighted by atomic mass is 9.92. The van der Waals surface area contributed by atoms with Crippen molar-refractivity contribution in [3.8, 4) is 0 Å². The van der Waals surface area contributed by atoms with E-state index in [4.69, 9.17) is 4.74 Å². The minimum Gasteiger partial charge on any atom is -0.386 e. The van der Waals surface area contributed by atoms with Gasteiger partial charge in [-0.3, -0.25) is 0 Å². The molecule has 0 aliphatic carbocycles. The average Bonchev–Trinajstić information content (AvgIpc) is 2.47. The molecule has 0 saturated carbocycles. The molecule has 0 amide bonds. The monoisotopic (exact) mass is 296 g/mol. The third-order valence-electron chi connectivity index (χ3n) is 3.57. The second-order valence-corrected chi connectivity index (χ2v) is 6.49. The molecule has 0 spiro atoms. The largest absolute Gasteiger partial charge is 0.386 e. The third kappa shape index (κ3) is 3.96. The molecule has 1 saturated heterocycles. The van der Waals surface area contributed by atoms with Crippen LogP contribution in [0.15, 0.2) is 29.2 Å². The Morgan fingerprint density at radius 2 is 1.85 bits per heavy atom. The maximum Gasteiger partial charge on any atom is 0.0979 e. The summed E-state index contributed by atoms with van der Waals surface area (Å²) in [5, 5.41) is 12.7. The number of aliphatic hydroxyl groups is 1. The van der Waals surface area contributed by atoms with Crippen molar-refractivity contribution in [1.29, 1.82) is 0 Å². The molecule has 0 bridgehead atoms. The van der Waals surface area contributed by atoms with Gasteiger partial charge in [0.2, 0.25) is 0 Å². The SMILES string of the molecule is CSc1ccc(C(O)C(C)(C)NN2CCOCC2)cc1. The minimum absolute atomic E-state index is 0.418. The zero-order valence-corrected chi connectivity index (χ0v) is 13.2. The van der Waals surface area contributed by atoms with E-state index < -0.39 is 11.6 Å². The van der Waals surface area contributed by atoms with E-state index in [-0.39, 0.29) is 0 Å². The predicted octanol–water partition coefficient (Wildman–Crippen LogP) is 2.06. The number of rotatable bonds is 5. The van der Waals surface area contributed by atoms with Crippen molar-refractivity contribution >= 4 is 11.8 Å². The number of ether oxygens (including phenoxy) is 1. The molecule has 1 heterocycles. The number of thioether (sulfide) groups is 1. The zero-order chi connectivity index (χ0) is 14.6. The highest BCUT2D eigenvalue weighted by Gasteiger charge is 2.31. The maximum atomic E-state index is 10.6. The van der Waals surface area contributed by atoms with Gasteiger partial charge in [-0.2, -0.15) is 0 Å². The van der Waals surface area contributed by atoms with Crippen LogP contribution in [0.3, 0.4) is 0 Å². The Morgan fingerprint density at radius 3 is 2.40 bits per heavy atom. The Labute approximate surface area is 125 Å². The number of morpholine rings is 1. The number of nitrogens with one attached hydrogen (secondary N) is 1. The molecule has 20 heavy (non-hydrogen) atoms. The Hall–Kier alpha value is -0.590. The van der Waals surface area contributed by atoms with Crippen LogP contribution in [0.2, 0.25) is 0 Å². The lowest BCUT2D eigenvalue weighted by Crippen LogP contribution is -2.57. The van der Waals surface area contributed by atoms with Gasteiger partial charge in [-0.15, -0.1) is 11.8 Å². The number of hydrogen-bond donors (Lipinski definition) is 2. The molecule has 1 atom stereocenters. The first-order valence-corrected chi connectivity index (χ1v) is 8.18. The first kappa shape index (κ1) is 15.8. The van der Waals surface area contributed by atoms with Gasteiger partial charge in [0, 0.05) is 18.0 Å². The van der Waals surface area contributed by atoms with Crippen molar-refractivity contribution in [3.63, 3.8) is 0 Å². The van der Waals surface area contributed by atoms with E-state index in [1.54, 1.807) is 11.8 Å². The van der Waals surface area contributed by atoms with Gasteiger partial charge in [0.05, 0.1) is 24.9 Å². The van der Waals surface area contributed by atoms with E-state index in [0.717, 1.165) is 31.9 Å². The highest BCUT2D eigenvalue weighted by molar-refractivity contribution is 7.98. The van der Waals surface area contributed by atoms with E-state index in [1.165, 1.54) is 4.90 Å². The average molecular weight is 296 g/mol. The van der Waals surface area contributed by atoms with Crippen LogP contribution >= 0.6 is 11.8 Å². The molecular weight excluding hydrogens is 272 g/mol. The van der Waals surface area contributed by atoms with Gasteiger partial charge in [0.15, 0.2) is 0 Å². The molecule has 1 aliphatic rings. The van der Waals surface area contributed by atoms with E-state index in [2.05, 4.69) is 16.7 Å². The van der Waals surface area contributed by atoms with Crippen molar-refractivity contribution in [2.75, 3.05) is 32.6 Å². The molecule has 5 heteroatoms. The number of aliphatic hydroxyl groups excluding tert-OH is 1. The maximum absolute atomic E-state index is 10.6. The molecule has 2 N–H and O–H groups in total. The quantitative estimate of drug-likeness (QED) is 0.814. The van der Waals surface area contributed by atoms with Crippen molar-refractivity contribution in [2.24, 2.45) is 0 Å². The lowest BCUT2D eigenvalue weighted by Gasteiger charge is -2.39. The Balaban J connectivity index is 2.02. The Kier molecular flexibility index (Phi) is 5.46. The molecule has 1 aromatic rings. The van der Waals surface area contributed by atoms with E-state index in [1.807, 2.05) is 38.1 Å². The first-order valence-electron chi connectivity index (χ1n) is 6.95. The fourth-order valence-corrected chi connectivity index (χ4v) is 2.75. The second kappa shape index (κ2) is 6.91. The number of benzene rings is 1.